The first-order valence-electron chi connectivity index (χ1n) is 17.9. The van der Waals surface area contributed by atoms with Gasteiger partial charge in [0.15, 0.2) is 5.96 Å². The standard InChI is InChI=1S/C36H50N8O5.C2HF3O2/c1-3-21-49-35(48)29(15-10-20-41-36(39)40)42-33(46)30(26-13-8-5-9-14-26)43-32(45)28(22-24-16-18-27(19-17-24)31(37)38)34(47)44(2)23-25-11-6-4-7-12-25;3-2(4,5)1(6)7/h3-4,6-7,11-12,16-19,26,28-30H,1,5,8-10,13-15,20-23H2,2H3,(H3,37,38)(H,42,46)(H,43,45)(H4,39,40,41);(H,6,7)/t28?,29-,30-;/m0./s1. The van der Waals surface area contributed by atoms with Crippen LogP contribution in [0.15, 0.2) is 67.3 Å². The number of benzene rings is 2. The van der Waals surface area contributed by atoms with Crippen molar-refractivity contribution in [2.75, 3.05) is 20.2 Å². The van der Waals surface area contributed by atoms with Crippen molar-refractivity contribution in [2.45, 2.75) is 76.2 Å². The summed E-state index contributed by atoms with van der Waals surface area (Å²) < 4.78 is 37.0. The molecule has 1 saturated carbocycles. The largest absolute Gasteiger partial charge is 0.490 e. The van der Waals surface area contributed by atoms with Crippen LogP contribution >= 0.6 is 0 Å². The summed E-state index contributed by atoms with van der Waals surface area (Å²) in [6.45, 7) is 4.13. The minimum absolute atomic E-state index is 0.0343. The van der Waals surface area contributed by atoms with Gasteiger partial charge in [-0.25, -0.2) is 9.59 Å². The van der Waals surface area contributed by atoms with Gasteiger partial charge in [0.2, 0.25) is 17.7 Å². The molecule has 0 heterocycles. The fourth-order valence-corrected chi connectivity index (χ4v) is 5.95. The first-order valence-corrected chi connectivity index (χ1v) is 17.9. The highest BCUT2D eigenvalue weighted by atomic mass is 19.4. The molecule has 0 radical (unpaired) electrons. The minimum atomic E-state index is -5.08. The van der Waals surface area contributed by atoms with E-state index >= 15 is 0 Å². The zero-order valence-corrected chi connectivity index (χ0v) is 31.2. The van der Waals surface area contributed by atoms with Gasteiger partial charge < -0.3 is 42.2 Å². The van der Waals surface area contributed by atoms with Gasteiger partial charge in [-0.1, -0.05) is 86.5 Å². The van der Waals surface area contributed by atoms with Crippen LogP contribution in [-0.2, 0) is 41.7 Å². The number of halogens is 3. The summed E-state index contributed by atoms with van der Waals surface area (Å²) >= 11 is 0. The molecule has 1 fully saturated rings. The third-order valence-electron chi connectivity index (χ3n) is 8.83. The number of hydrogen-bond donors (Lipinski definition) is 8. The number of carbonyl (C=O) groups is 5. The quantitative estimate of drug-likeness (QED) is 0.0274. The highest BCUT2D eigenvalue weighted by Gasteiger charge is 2.39. The van der Waals surface area contributed by atoms with E-state index in [4.69, 9.17) is 36.9 Å². The Bertz CT molecular complexity index is 1650. The van der Waals surface area contributed by atoms with Crippen LogP contribution in [0.4, 0.5) is 13.2 Å². The molecule has 15 nitrogen and oxygen atoms in total. The number of ether oxygens (including phenoxy) is 1. The van der Waals surface area contributed by atoms with Crippen LogP contribution in [0.1, 0.15) is 61.6 Å². The molecule has 1 aliphatic carbocycles. The topological polar surface area (TPSA) is 254 Å². The molecule has 0 bridgehead atoms. The van der Waals surface area contributed by atoms with E-state index in [1.807, 2.05) is 30.3 Å². The second-order valence-corrected chi connectivity index (χ2v) is 13.2. The lowest BCUT2D eigenvalue weighted by Crippen LogP contribution is -2.57. The average Bonchev–Trinajstić information content (AvgIpc) is 3.16. The Morgan fingerprint density at radius 3 is 2.11 bits per heavy atom. The van der Waals surface area contributed by atoms with Crippen LogP contribution < -0.4 is 27.4 Å². The number of carboxylic acid groups (broad SMARTS) is 1. The third kappa shape index (κ3) is 16.2. The molecule has 1 unspecified atom stereocenters. The second kappa shape index (κ2) is 23.1. The predicted molar refractivity (Wildman–Crippen MR) is 202 cm³/mol. The van der Waals surface area contributed by atoms with E-state index < -0.39 is 53.8 Å². The number of carbonyl (C=O) groups excluding carboxylic acids is 4. The summed E-state index contributed by atoms with van der Waals surface area (Å²) in [4.78, 5) is 65.5. The Morgan fingerprint density at radius 1 is 0.964 bits per heavy atom. The number of nitrogens with one attached hydrogen (secondary N) is 5. The van der Waals surface area contributed by atoms with Crippen LogP contribution in [0.5, 0.6) is 0 Å². The van der Waals surface area contributed by atoms with E-state index in [1.54, 1.807) is 31.3 Å². The molecule has 10 N–H and O–H groups in total. The van der Waals surface area contributed by atoms with Crippen LogP contribution in [0.25, 0.3) is 0 Å². The molecule has 2 aromatic carbocycles. The molecule has 56 heavy (non-hydrogen) atoms. The summed E-state index contributed by atoms with van der Waals surface area (Å²) in [6, 6.07) is 14.2. The Hall–Kier alpha value is -5.94. The molecular formula is C38H51F3N8O7. The van der Waals surface area contributed by atoms with E-state index in [-0.39, 0.29) is 43.7 Å². The van der Waals surface area contributed by atoms with Gasteiger partial charge in [-0.3, -0.25) is 25.2 Å². The molecule has 2 aromatic rings. The van der Waals surface area contributed by atoms with Crippen molar-refractivity contribution < 1.29 is 47.0 Å². The number of hydrogen-bond acceptors (Lipinski definition) is 8. The number of carboxylic acids is 1. The van der Waals surface area contributed by atoms with E-state index in [0.717, 1.165) is 24.8 Å². The predicted octanol–water partition coefficient (Wildman–Crippen LogP) is 2.96. The summed E-state index contributed by atoms with van der Waals surface area (Å²) in [5, 5.41) is 30.6. The fraction of sp³-hybridized carbons (Fsp3) is 0.447. The highest BCUT2D eigenvalue weighted by molar-refractivity contribution is 6.02. The molecule has 0 aliphatic heterocycles. The number of aliphatic carboxylic acids is 1. The molecule has 0 aromatic heterocycles. The van der Waals surface area contributed by atoms with Gasteiger partial charge in [-0.15, -0.1) is 0 Å². The molecule has 1 aliphatic rings. The van der Waals surface area contributed by atoms with Gasteiger partial charge in [-0.2, -0.15) is 13.2 Å². The molecule has 0 spiro atoms. The van der Waals surface area contributed by atoms with Crippen LogP contribution in [-0.4, -0.2) is 89.9 Å². The lowest BCUT2D eigenvalue weighted by Gasteiger charge is -2.32. The fourth-order valence-electron chi connectivity index (χ4n) is 5.95. The number of amides is 3. The SMILES string of the molecule is C=CCOC(=O)[C@H](CCCNC(=N)N)NC(=O)[C@@H](NC(=O)C(Cc1ccc(C(=N)N)cc1)C(=O)N(C)Cc1ccccc1)C1CCCCC1.O=C(O)C(F)(F)F. The van der Waals surface area contributed by atoms with Crippen molar-refractivity contribution >= 4 is 41.5 Å². The highest BCUT2D eigenvalue weighted by Crippen LogP contribution is 2.27. The van der Waals surface area contributed by atoms with Crippen molar-refractivity contribution in [1.29, 1.82) is 10.8 Å². The Kier molecular flexibility index (Phi) is 19.1. The summed E-state index contributed by atoms with van der Waals surface area (Å²) in [6.07, 6.45) is 1.19. The number of nitrogen functional groups attached to an aromatic ring is 1. The molecule has 306 valence electrons. The number of alkyl halides is 3. The van der Waals surface area contributed by atoms with E-state index in [2.05, 4.69) is 22.5 Å². The van der Waals surface area contributed by atoms with Gasteiger partial charge >= 0.3 is 18.1 Å². The number of amidine groups is 1. The Morgan fingerprint density at radius 2 is 1.57 bits per heavy atom. The summed E-state index contributed by atoms with van der Waals surface area (Å²) in [5.41, 5.74) is 13.1. The molecule has 3 amide bonds. The number of guanidine groups is 1. The zero-order chi connectivity index (χ0) is 41.8. The first-order chi connectivity index (χ1) is 26.4. The van der Waals surface area contributed by atoms with Gasteiger partial charge in [0.1, 0.15) is 30.4 Å². The lowest BCUT2D eigenvalue weighted by atomic mass is 9.83. The summed E-state index contributed by atoms with van der Waals surface area (Å²) in [7, 11) is 1.64. The first kappa shape index (κ1) is 46.2. The lowest BCUT2D eigenvalue weighted by molar-refractivity contribution is -0.192. The van der Waals surface area contributed by atoms with Gasteiger partial charge in [0.05, 0.1) is 0 Å². The van der Waals surface area contributed by atoms with Crippen molar-refractivity contribution in [1.82, 2.24) is 20.9 Å². The molecule has 3 atom stereocenters. The van der Waals surface area contributed by atoms with Gasteiger partial charge in [0.25, 0.3) is 0 Å². The smallest absolute Gasteiger partial charge is 0.475 e. The normalized spacial score (nSPS) is 14.3. The Labute approximate surface area is 323 Å². The minimum Gasteiger partial charge on any atom is -0.475 e. The summed E-state index contributed by atoms with van der Waals surface area (Å²) in [5.74, 6) is -6.61. The molecule has 0 saturated heterocycles. The van der Waals surface area contributed by atoms with Crippen LogP contribution in [0.3, 0.4) is 0 Å². The number of esters is 1. The number of rotatable bonds is 18. The number of nitrogens with two attached hydrogens (primary N) is 2. The third-order valence-corrected chi connectivity index (χ3v) is 8.83. The van der Waals surface area contributed by atoms with E-state index in [1.165, 1.54) is 11.0 Å². The Balaban J connectivity index is 0.00000141. The van der Waals surface area contributed by atoms with E-state index in [9.17, 15) is 32.3 Å². The number of nitrogens with zero attached hydrogens (tertiary/aromatic N) is 1. The zero-order valence-electron chi connectivity index (χ0n) is 31.2. The van der Waals surface area contributed by atoms with Crippen LogP contribution in [0.2, 0.25) is 0 Å². The maximum atomic E-state index is 14.2. The maximum Gasteiger partial charge on any atom is 0.490 e. The molecular weight excluding hydrogens is 737 g/mol. The van der Waals surface area contributed by atoms with Crippen molar-refractivity contribution in [3.05, 3.63) is 83.9 Å². The van der Waals surface area contributed by atoms with E-state index in [0.29, 0.717) is 36.9 Å². The molecule has 3 rings (SSSR count). The van der Waals surface area contributed by atoms with Gasteiger partial charge in [-0.05, 0) is 49.1 Å². The monoisotopic (exact) mass is 788 g/mol. The van der Waals surface area contributed by atoms with Crippen molar-refractivity contribution in [3.63, 3.8) is 0 Å². The average molecular weight is 789 g/mol. The van der Waals surface area contributed by atoms with Crippen molar-refractivity contribution in [2.24, 2.45) is 23.3 Å². The maximum absolute atomic E-state index is 14.2. The van der Waals surface area contributed by atoms with Gasteiger partial charge in [0, 0.05) is 25.7 Å². The molecule has 18 heteroatoms. The van der Waals surface area contributed by atoms with Crippen LogP contribution in [0, 0.1) is 22.7 Å². The van der Waals surface area contributed by atoms with Crippen molar-refractivity contribution in [3.8, 4) is 0 Å². The second-order valence-electron chi connectivity index (χ2n) is 13.2.